The summed E-state index contributed by atoms with van der Waals surface area (Å²) in [6, 6.07) is 0. The Bertz CT molecular complexity index is 296. The van der Waals surface area contributed by atoms with Gasteiger partial charge in [0.2, 0.25) is 5.95 Å². The van der Waals surface area contributed by atoms with Gasteiger partial charge in [0, 0.05) is 6.54 Å². The van der Waals surface area contributed by atoms with Crippen molar-refractivity contribution in [2.45, 2.75) is 6.92 Å². The Hall–Kier alpha value is -0.340. The summed E-state index contributed by atoms with van der Waals surface area (Å²) < 4.78 is 0.665. The Labute approximate surface area is 94.5 Å². The van der Waals surface area contributed by atoms with Gasteiger partial charge in [-0.25, -0.2) is 4.98 Å². The summed E-state index contributed by atoms with van der Waals surface area (Å²) in [4.78, 5) is 7.84. The van der Waals surface area contributed by atoms with Crippen LogP contribution in [-0.2, 0) is 0 Å². The van der Waals surface area contributed by atoms with Gasteiger partial charge in [0.15, 0.2) is 5.82 Å². The predicted octanol–water partition coefficient (Wildman–Crippen LogP) is 0.924. The summed E-state index contributed by atoms with van der Waals surface area (Å²) in [5.41, 5.74) is 5.43. The summed E-state index contributed by atoms with van der Waals surface area (Å²) in [5.74, 6) is 0.829. The number of nitrogens with one attached hydrogen (secondary N) is 1. The summed E-state index contributed by atoms with van der Waals surface area (Å²) in [7, 11) is 0. The number of aromatic nitrogens is 2. The van der Waals surface area contributed by atoms with Crippen molar-refractivity contribution in [1.29, 1.82) is 0 Å². The fourth-order valence-electron chi connectivity index (χ4n) is 0.721. The lowest BCUT2D eigenvalue weighted by Gasteiger charge is -2.05. The van der Waals surface area contributed by atoms with E-state index < -0.39 is 0 Å². The zero-order valence-electron chi connectivity index (χ0n) is 6.93. The van der Waals surface area contributed by atoms with Crippen LogP contribution in [0.3, 0.4) is 0 Å². The van der Waals surface area contributed by atoms with Crippen LogP contribution >= 0.6 is 34.2 Å². The van der Waals surface area contributed by atoms with Crippen LogP contribution in [0.4, 0.5) is 11.8 Å². The van der Waals surface area contributed by atoms with Crippen LogP contribution in [0.1, 0.15) is 6.92 Å². The van der Waals surface area contributed by atoms with Crippen molar-refractivity contribution in [2.24, 2.45) is 0 Å². The molecule has 0 fully saturated rings. The van der Waals surface area contributed by atoms with Gasteiger partial charge in [-0.15, -0.1) is 0 Å². The number of nitrogen functional groups attached to an aromatic ring is 1. The average molecular weight is 317 g/mol. The summed E-state index contributed by atoms with van der Waals surface area (Å²) in [5, 5.41) is 3.51. The fraction of sp³-hybridized carbons (Fsp3) is 0.333. The molecule has 0 atom stereocenters. The molecule has 7 heteroatoms. The molecule has 0 aliphatic rings. The van der Waals surface area contributed by atoms with E-state index in [1.165, 1.54) is 0 Å². The van der Waals surface area contributed by atoms with Crippen LogP contribution in [0.2, 0.25) is 5.02 Å². The molecule has 0 saturated heterocycles. The zero-order chi connectivity index (χ0) is 9.14. The highest BCUT2D eigenvalue weighted by Gasteiger charge is 2.07. The molecule has 74 valence electrons. The van der Waals surface area contributed by atoms with Gasteiger partial charge in [0.05, 0.1) is 0 Å². The fourth-order valence-corrected chi connectivity index (χ4v) is 1.37. The Morgan fingerprint density at radius 1 is 1.54 bits per heavy atom. The molecule has 0 aliphatic heterocycles. The lowest BCUT2D eigenvalue weighted by Crippen LogP contribution is -2.05. The minimum absolute atomic E-state index is 0. The van der Waals surface area contributed by atoms with Gasteiger partial charge in [0.25, 0.3) is 0 Å². The second-order valence-corrected chi connectivity index (χ2v) is 3.47. The van der Waals surface area contributed by atoms with E-state index in [4.69, 9.17) is 17.3 Å². The molecule has 0 bridgehead atoms. The second-order valence-electron chi connectivity index (χ2n) is 2.07. The summed E-state index contributed by atoms with van der Waals surface area (Å²) >= 11 is 7.91. The number of halogens is 2. The normalized spacial score (nSPS) is 9.15. The molecule has 5 N–H and O–H groups in total. The average Bonchev–Trinajstić information content (AvgIpc) is 2.00. The number of nitrogens with zero attached hydrogens (tertiary/aromatic N) is 2. The van der Waals surface area contributed by atoms with Gasteiger partial charge >= 0.3 is 0 Å². The molecule has 1 aromatic rings. The van der Waals surface area contributed by atoms with Crippen LogP contribution in [0.15, 0.2) is 0 Å². The molecule has 1 heterocycles. The number of anilines is 2. The Morgan fingerprint density at radius 3 is 2.69 bits per heavy atom. The minimum Gasteiger partial charge on any atom is -0.412 e. The van der Waals surface area contributed by atoms with Crippen LogP contribution < -0.4 is 11.1 Å². The van der Waals surface area contributed by atoms with E-state index in [1.807, 2.05) is 29.5 Å². The highest BCUT2D eigenvalue weighted by atomic mass is 127. The second kappa shape index (κ2) is 5.40. The van der Waals surface area contributed by atoms with E-state index in [2.05, 4.69) is 15.3 Å². The first kappa shape index (κ1) is 12.7. The number of hydrogen-bond acceptors (Lipinski definition) is 4. The first-order valence-electron chi connectivity index (χ1n) is 3.37. The third kappa shape index (κ3) is 3.12. The third-order valence-corrected chi connectivity index (χ3v) is 2.63. The Balaban J connectivity index is 0.00000144. The molecule has 1 rings (SSSR count). The molecule has 0 aromatic carbocycles. The molecule has 0 unspecified atom stereocenters. The molecular formula is C6H10ClIN4O. The largest absolute Gasteiger partial charge is 0.412 e. The molecule has 13 heavy (non-hydrogen) atoms. The zero-order valence-corrected chi connectivity index (χ0v) is 9.85. The van der Waals surface area contributed by atoms with Crippen LogP contribution in [0, 0.1) is 3.70 Å². The summed E-state index contributed by atoms with van der Waals surface area (Å²) in [6.07, 6.45) is 0. The monoisotopic (exact) mass is 316 g/mol. The number of nitrogens with two attached hydrogens (primary N) is 1. The van der Waals surface area contributed by atoms with E-state index in [-0.39, 0.29) is 11.4 Å². The van der Waals surface area contributed by atoms with Crippen molar-refractivity contribution in [3.8, 4) is 0 Å². The van der Waals surface area contributed by atoms with Crippen molar-refractivity contribution in [2.75, 3.05) is 17.6 Å². The Kier molecular flexibility index (Phi) is 5.26. The van der Waals surface area contributed by atoms with Crippen molar-refractivity contribution >= 4 is 46.0 Å². The van der Waals surface area contributed by atoms with Gasteiger partial charge in [0.1, 0.15) is 8.72 Å². The van der Waals surface area contributed by atoms with E-state index in [1.54, 1.807) is 0 Å². The SMILES string of the molecule is CCNc1nc(N)nc(I)c1Cl.O. The lowest BCUT2D eigenvalue weighted by atomic mass is 10.5. The van der Waals surface area contributed by atoms with Gasteiger partial charge in [-0.1, -0.05) is 11.6 Å². The Morgan fingerprint density at radius 2 is 2.15 bits per heavy atom. The number of rotatable bonds is 2. The minimum atomic E-state index is 0. The maximum absolute atomic E-state index is 5.89. The van der Waals surface area contributed by atoms with E-state index in [9.17, 15) is 0 Å². The maximum Gasteiger partial charge on any atom is 0.223 e. The highest BCUT2D eigenvalue weighted by molar-refractivity contribution is 14.1. The first-order valence-corrected chi connectivity index (χ1v) is 4.83. The number of hydrogen-bond donors (Lipinski definition) is 2. The van der Waals surface area contributed by atoms with Gasteiger partial charge in [-0.3, -0.25) is 0 Å². The molecular weight excluding hydrogens is 306 g/mol. The molecule has 0 spiro atoms. The van der Waals surface area contributed by atoms with Crippen LogP contribution in [0.5, 0.6) is 0 Å². The van der Waals surface area contributed by atoms with Gasteiger partial charge < -0.3 is 16.5 Å². The smallest absolute Gasteiger partial charge is 0.223 e. The standard InChI is InChI=1S/C6H8ClIN4.H2O/c1-2-10-5-3(7)4(8)11-6(9)12-5;/h2H2,1H3,(H3,9,10,11,12);1H2. The van der Waals surface area contributed by atoms with Gasteiger partial charge in [-0.05, 0) is 29.5 Å². The molecule has 5 nitrogen and oxygen atoms in total. The van der Waals surface area contributed by atoms with Crippen LogP contribution in [0.25, 0.3) is 0 Å². The van der Waals surface area contributed by atoms with Crippen LogP contribution in [-0.4, -0.2) is 22.0 Å². The lowest BCUT2D eigenvalue weighted by molar-refractivity contribution is 0.824. The van der Waals surface area contributed by atoms with E-state index in [0.717, 1.165) is 6.54 Å². The van der Waals surface area contributed by atoms with Gasteiger partial charge in [-0.2, -0.15) is 4.98 Å². The van der Waals surface area contributed by atoms with E-state index >= 15 is 0 Å². The van der Waals surface area contributed by atoms with E-state index in [0.29, 0.717) is 14.5 Å². The highest BCUT2D eigenvalue weighted by Crippen LogP contribution is 2.24. The van der Waals surface area contributed by atoms with Crippen molar-refractivity contribution in [3.63, 3.8) is 0 Å². The first-order chi connectivity index (χ1) is 5.65. The molecule has 0 saturated carbocycles. The predicted molar refractivity (Wildman–Crippen MR) is 61.9 cm³/mol. The molecule has 0 aliphatic carbocycles. The van der Waals surface area contributed by atoms with Crippen molar-refractivity contribution in [3.05, 3.63) is 8.72 Å². The molecule has 0 amide bonds. The quantitative estimate of drug-likeness (QED) is 0.626. The summed E-state index contributed by atoms with van der Waals surface area (Å²) in [6.45, 7) is 2.72. The molecule has 0 radical (unpaired) electrons. The van der Waals surface area contributed by atoms with Crippen molar-refractivity contribution in [1.82, 2.24) is 9.97 Å². The van der Waals surface area contributed by atoms with Crippen molar-refractivity contribution < 1.29 is 5.48 Å². The molecule has 1 aromatic heterocycles. The maximum atomic E-state index is 5.89. The topological polar surface area (TPSA) is 95.3 Å². The third-order valence-electron chi connectivity index (χ3n) is 1.17.